The minimum atomic E-state index is 0.509. The molecule has 0 bridgehead atoms. The number of hydrogen-bond acceptors (Lipinski definition) is 1. The first kappa shape index (κ1) is 12.4. The van der Waals surface area contributed by atoms with Crippen molar-refractivity contribution in [2.45, 2.75) is 26.3 Å². The van der Waals surface area contributed by atoms with Crippen LogP contribution in [0.1, 0.15) is 33.7 Å². The van der Waals surface area contributed by atoms with Crippen molar-refractivity contribution in [3.8, 4) is 0 Å². The Bertz CT molecular complexity index is 583. The van der Waals surface area contributed by atoms with Gasteiger partial charge in [0.2, 0.25) is 0 Å². The number of benzene rings is 2. The van der Waals surface area contributed by atoms with E-state index < -0.39 is 0 Å². The third-order valence-corrected chi connectivity index (χ3v) is 4.22. The van der Waals surface area contributed by atoms with Crippen molar-refractivity contribution in [3.05, 3.63) is 70.3 Å². The van der Waals surface area contributed by atoms with Crippen LogP contribution in [0.15, 0.2) is 42.5 Å². The molecule has 0 aromatic heterocycles. The molecule has 0 saturated carbocycles. The van der Waals surface area contributed by atoms with Gasteiger partial charge in [0, 0.05) is 19.0 Å². The standard InChI is InChI=1S/C18H21N/c1-13-7-9-15(10-8-13)18-12-19(3)11-17-14(2)5-4-6-16(17)18/h4-10,18H,11-12H2,1-3H3/t18-/m1/s1. The van der Waals surface area contributed by atoms with Gasteiger partial charge in [0.25, 0.3) is 0 Å². The van der Waals surface area contributed by atoms with Crippen molar-refractivity contribution in [1.82, 2.24) is 4.90 Å². The van der Waals surface area contributed by atoms with Crippen LogP contribution in [0.3, 0.4) is 0 Å². The predicted octanol–water partition coefficient (Wildman–Crippen LogP) is 3.88. The molecule has 0 N–H and O–H groups in total. The zero-order valence-corrected chi connectivity index (χ0v) is 12.0. The molecular weight excluding hydrogens is 230 g/mol. The Kier molecular flexibility index (Phi) is 3.16. The number of aryl methyl sites for hydroxylation is 2. The maximum atomic E-state index is 2.43. The van der Waals surface area contributed by atoms with Gasteiger partial charge in [-0.2, -0.15) is 0 Å². The van der Waals surface area contributed by atoms with Crippen LogP contribution in [0.25, 0.3) is 0 Å². The monoisotopic (exact) mass is 251 g/mol. The molecule has 1 aliphatic heterocycles. The molecule has 1 heterocycles. The Morgan fingerprint density at radius 2 is 1.74 bits per heavy atom. The number of hydrogen-bond donors (Lipinski definition) is 0. The summed E-state index contributed by atoms with van der Waals surface area (Å²) in [6.45, 7) is 6.56. The largest absolute Gasteiger partial charge is 0.301 e. The van der Waals surface area contributed by atoms with E-state index >= 15 is 0 Å². The van der Waals surface area contributed by atoms with Crippen molar-refractivity contribution in [3.63, 3.8) is 0 Å². The van der Waals surface area contributed by atoms with Crippen LogP contribution < -0.4 is 0 Å². The highest BCUT2D eigenvalue weighted by molar-refractivity contribution is 5.44. The van der Waals surface area contributed by atoms with E-state index in [1.54, 1.807) is 0 Å². The summed E-state index contributed by atoms with van der Waals surface area (Å²) in [5, 5.41) is 0. The zero-order chi connectivity index (χ0) is 13.4. The van der Waals surface area contributed by atoms with Crippen LogP contribution >= 0.6 is 0 Å². The van der Waals surface area contributed by atoms with Gasteiger partial charge in [-0.1, -0.05) is 48.0 Å². The van der Waals surface area contributed by atoms with Gasteiger partial charge in [0.15, 0.2) is 0 Å². The summed E-state index contributed by atoms with van der Waals surface area (Å²) < 4.78 is 0. The lowest BCUT2D eigenvalue weighted by Crippen LogP contribution is -2.31. The Labute approximate surface area is 115 Å². The van der Waals surface area contributed by atoms with Crippen molar-refractivity contribution >= 4 is 0 Å². The Hall–Kier alpha value is -1.60. The van der Waals surface area contributed by atoms with E-state index in [0.29, 0.717) is 5.92 Å². The van der Waals surface area contributed by atoms with Gasteiger partial charge in [-0.05, 0) is 43.1 Å². The molecule has 0 saturated heterocycles. The summed E-state index contributed by atoms with van der Waals surface area (Å²) in [6, 6.07) is 15.7. The molecule has 3 rings (SSSR count). The number of fused-ring (bicyclic) bond motifs is 1. The van der Waals surface area contributed by atoms with Crippen LogP contribution in [-0.2, 0) is 6.54 Å². The van der Waals surface area contributed by atoms with Gasteiger partial charge in [-0.15, -0.1) is 0 Å². The lowest BCUT2D eigenvalue weighted by molar-refractivity contribution is 0.294. The Morgan fingerprint density at radius 3 is 2.47 bits per heavy atom. The molecule has 0 aliphatic carbocycles. The molecule has 2 aromatic rings. The first-order valence-corrected chi connectivity index (χ1v) is 6.98. The SMILES string of the molecule is Cc1ccc([C@H]2CN(C)Cc3c(C)cccc32)cc1. The average molecular weight is 251 g/mol. The molecule has 0 unspecified atom stereocenters. The molecule has 0 amide bonds. The summed E-state index contributed by atoms with van der Waals surface area (Å²) in [5.74, 6) is 0.509. The maximum absolute atomic E-state index is 2.43. The third-order valence-electron chi connectivity index (χ3n) is 4.22. The fourth-order valence-corrected chi connectivity index (χ4v) is 3.10. The second-order valence-corrected chi connectivity index (χ2v) is 5.80. The number of likely N-dealkylation sites (N-methyl/N-ethyl adjacent to an activating group) is 1. The topological polar surface area (TPSA) is 3.24 Å². The molecule has 0 radical (unpaired) electrons. The lowest BCUT2D eigenvalue weighted by Gasteiger charge is -2.33. The van der Waals surface area contributed by atoms with Gasteiger partial charge in [-0.25, -0.2) is 0 Å². The minimum absolute atomic E-state index is 0.509. The van der Waals surface area contributed by atoms with Crippen LogP contribution in [-0.4, -0.2) is 18.5 Å². The lowest BCUT2D eigenvalue weighted by atomic mass is 9.83. The van der Waals surface area contributed by atoms with Crippen molar-refractivity contribution in [2.75, 3.05) is 13.6 Å². The summed E-state index contributed by atoms with van der Waals surface area (Å²) >= 11 is 0. The molecule has 1 nitrogen and oxygen atoms in total. The number of rotatable bonds is 1. The summed E-state index contributed by atoms with van der Waals surface area (Å²) in [7, 11) is 2.22. The fraction of sp³-hybridized carbons (Fsp3) is 0.333. The Balaban J connectivity index is 2.08. The fourth-order valence-electron chi connectivity index (χ4n) is 3.10. The van der Waals surface area contributed by atoms with E-state index in [9.17, 15) is 0 Å². The van der Waals surface area contributed by atoms with E-state index in [1.807, 2.05) is 0 Å². The smallest absolute Gasteiger partial charge is 0.0236 e. The van der Waals surface area contributed by atoms with Gasteiger partial charge in [0.05, 0.1) is 0 Å². The first-order chi connectivity index (χ1) is 9.15. The second kappa shape index (κ2) is 4.82. The van der Waals surface area contributed by atoms with E-state index in [4.69, 9.17) is 0 Å². The summed E-state index contributed by atoms with van der Waals surface area (Å²) in [6.07, 6.45) is 0. The van der Waals surface area contributed by atoms with Crippen molar-refractivity contribution in [1.29, 1.82) is 0 Å². The highest BCUT2D eigenvalue weighted by Gasteiger charge is 2.25. The molecule has 0 spiro atoms. The zero-order valence-electron chi connectivity index (χ0n) is 12.0. The van der Waals surface area contributed by atoms with E-state index in [2.05, 4.69) is 68.3 Å². The van der Waals surface area contributed by atoms with Crippen molar-refractivity contribution in [2.24, 2.45) is 0 Å². The van der Waals surface area contributed by atoms with Crippen LogP contribution in [0.5, 0.6) is 0 Å². The quantitative estimate of drug-likeness (QED) is 0.743. The highest BCUT2D eigenvalue weighted by Crippen LogP contribution is 2.34. The van der Waals surface area contributed by atoms with Gasteiger partial charge in [-0.3, -0.25) is 0 Å². The van der Waals surface area contributed by atoms with E-state index in [0.717, 1.165) is 13.1 Å². The van der Waals surface area contributed by atoms with Gasteiger partial charge in [0.1, 0.15) is 0 Å². The molecule has 19 heavy (non-hydrogen) atoms. The molecule has 1 atom stereocenters. The van der Waals surface area contributed by atoms with Crippen molar-refractivity contribution < 1.29 is 0 Å². The van der Waals surface area contributed by atoms with Crippen LogP contribution in [0.4, 0.5) is 0 Å². The predicted molar refractivity (Wildman–Crippen MR) is 80.5 cm³/mol. The van der Waals surface area contributed by atoms with Crippen LogP contribution in [0.2, 0.25) is 0 Å². The molecule has 1 heteroatoms. The Morgan fingerprint density at radius 1 is 1.00 bits per heavy atom. The van der Waals surface area contributed by atoms with E-state index in [1.165, 1.54) is 27.8 Å². The molecule has 2 aromatic carbocycles. The van der Waals surface area contributed by atoms with Crippen LogP contribution in [0, 0.1) is 13.8 Å². The van der Waals surface area contributed by atoms with Gasteiger partial charge < -0.3 is 4.90 Å². The first-order valence-electron chi connectivity index (χ1n) is 6.98. The summed E-state index contributed by atoms with van der Waals surface area (Å²) in [4.78, 5) is 2.43. The molecule has 0 fully saturated rings. The molecule has 98 valence electrons. The minimum Gasteiger partial charge on any atom is -0.301 e. The third kappa shape index (κ3) is 2.31. The second-order valence-electron chi connectivity index (χ2n) is 5.80. The molecular formula is C18H21N. The number of nitrogens with zero attached hydrogens (tertiary/aromatic N) is 1. The van der Waals surface area contributed by atoms with E-state index in [-0.39, 0.29) is 0 Å². The van der Waals surface area contributed by atoms with Gasteiger partial charge >= 0.3 is 0 Å². The highest BCUT2D eigenvalue weighted by atomic mass is 15.1. The summed E-state index contributed by atoms with van der Waals surface area (Å²) in [5.41, 5.74) is 7.21. The molecule has 1 aliphatic rings. The average Bonchev–Trinajstić information content (AvgIpc) is 2.40. The maximum Gasteiger partial charge on any atom is 0.0236 e. The normalized spacial score (nSPS) is 19.2.